The first-order chi connectivity index (χ1) is 12.1. The Kier molecular flexibility index (Phi) is 5.26. The Morgan fingerprint density at radius 1 is 1.32 bits per heavy atom. The molecule has 1 fully saturated rings. The summed E-state index contributed by atoms with van der Waals surface area (Å²) in [6, 6.07) is 5.93. The third-order valence-electron chi connectivity index (χ3n) is 4.89. The summed E-state index contributed by atoms with van der Waals surface area (Å²) in [5, 5.41) is 0. The lowest BCUT2D eigenvalue weighted by Gasteiger charge is -2.35. The molecule has 1 atom stereocenters. The summed E-state index contributed by atoms with van der Waals surface area (Å²) >= 11 is 0. The van der Waals surface area contributed by atoms with Gasteiger partial charge in [-0.05, 0) is 57.2 Å². The normalized spacial score (nSPS) is 17.5. The van der Waals surface area contributed by atoms with E-state index in [0.717, 1.165) is 42.8 Å². The number of rotatable bonds is 4. The Morgan fingerprint density at radius 2 is 2.16 bits per heavy atom. The maximum Gasteiger partial charge on any atom is 0.345 e. The molecule has 6 heteroatoms. The molecule has 2 aromatic heterocycles. The molecule has 0 spiro atoms. The Bertz CT molecular complexity index is 775. The summed E-state index contributed by atoms with van der Waals surface area (Å²) < 4.78 is 0. The van der Waals surface area contributed by atoms with E-state index in [1.165, 1.54) is 0 Å². The van der Waals surface area contributed by atoms with Gasteiger partial charge >= 0.3 is 5.69 Å². The number of aromatic nitrogens is 3. The Balaban J connectivity index is 1.72. The number of likely N-dealkylation sites (tertiary alicyclic amines) is 1. The first kappa shape index (κ1) is 17.3. The van der Waals surface area contributed by atoms with Crippen LogP contribution >= 0.6 is 0 Å². The van der Waals surface area contributed by atoms with Crippen LogP contribution in [0.4, 0.5) is 0 Å². The van der Waals surface area contributed by atoms with E-state index in [2.05, 4.69) is 15.0 Å². The van der Waals surface area contributed by atoms with Crippen LogP contribution in [0.5, 0.6) is 0 Å². The van der Waals surface area contributed by atoms with Gasteiger partial charge in [-0.2, -0.15) is 4.98 Å². The molecule has 1 N–H and O–H groups in total. The van der Waals surface area contributed by atoms with E-state index in [0.29, 0.717) is 18.5 Å². The fourth-order valence-electron chi connectivity index (χ4n) is 3.61. The first-order valence-corrected chi connectivity index (χ1v) is 8.83. The Morgan fingerprint density at radius 3 is 2.88 bits per heavy atom. The molecule has 0 unspecified atom stereocenters. The van der Waals surface area contributed by atoms with E-state index in [1.807, 2.05) is 36.9 Å². The number of hydrogen-bond donors (Lipinski definition) is 1. The largest absolute Gasteiger partial charge is 0.345 e. The van der Waals surface area contributed by atoms with Gasteiger partial charge in [0.15, 0.2) is 0 Å². The van der Waals surface area contributed by atoms with Crippen LogP contribution in [0.25, 0.3) is 0 Å². The van der Waals surface area contributed by atoms with Gasteiger partial charge in [0, 0.05) is 30.6 Å². The minimum atomic E-state index is -0.337. The van der Waals surface area contributed by atoms with E-state index >= 15 is 0 Å². The second-order valence-electron chi connectivity index (χ2n) is 6.58. The second kappa shape index (κ2) is 7.59. The highest BCUT2D eigenvalue weighted by Crippen LogP contribution is 2.30. The second-order valence-corrected chi connectivity index (χ2v) is 6.58. The van der Waals surface area contributed by atoms with Crippen LogP contribution in [0.1, 0.15) is 54.4 Å². The van der Waals surface area contributed by atoms with E-state index < -0.39 is 0 Å². The van der Waals surface area contributed by atoms with Crippen LogP contribution in [0, 0.1) is 13.8 Å². The lowest BCUT2D eigenvalue weighted by molar-refractivity contribution is -0.135. The van der Waals surface area contributed by atoms with Crippen LogP contribution in [0.2, 0.25) is 0 Å². The quantitative estimate of drug-likeness (QED) is 0.927. The first-order valence-electron chi connectivity index (χ1n) is 8.83. The van der Waals surface area contributed by atoms with Crippen molar-refractivity contribution < 1.29 is 4.79 Å². The van der Waals surface area contributed by atoms with Gasteiger partial charge in [0.1, 0.15) is 0 Å². The van der Waals surface area contributed by atoms with Crippen molar-refractivity contribution in [3.05, 3.63) is 57.5 Å². The van der Waals surface area contributed by atoms with Gasteiger partial charge in [0.2, 0.25) is 5.91 Å². The van der Waals surface area contributed by atoms with Crippen molar-refractivity contribution in [3.8, 4) is 0 Å². The molecule has 132 valence electrons. The third-order valence-corrected chi connectivity index (χ3v) is 4.89. The number of nitrogens with zero attached hydrogens (tertiary/aromatic N) is 3. The maximum atomic E-state index is 12.9. The molecule has 1 saturated heterocycles. The number of nitrogens with one attached hydrogen (secondary N) is 1. The zero-order valence-corrected chi connectivity index (χ0v) is 14.8. The molecule has 2 aromatic rings. The predicted molar refractivity (Wildman–Crippen MR) is 95.2 cm³/mol. The van der Waals surface area contributed by atoms with E-state index in [1.54, 1.807) is 6.20 Å². The number of aryl methyl sites for hydroxylation is 2. The molecule has 3 heterocycles. The van der Waals surface area contributed by atoms with Gasteiger partial charge in [-0.15, -0.1) is 0 Å². The number of carbonyl (C=O) groups is 1. The minimum absolute atomic E-state index is 0.0679. The molecule has 3 rings (SSSR count). The van der Waals surface area contributed by atoms with Crippen molar-refractivity contribution in [1.29, 1.82) is 0 Å². The van der Waals surface area contributed by atoms with Crippen LogP contribution < -0.4 is 5.69 Å². The van der Waals surface area contributed by atoms with E-state index in [4.69, 9.17) is 0 Å². The van der Waals surface area contributed by atoms with Crippen LogP contribution in [0.3, 0.4) is 0 Å². The average molecular weight is 340 g/mol. The number of amides is 1. The highest BCUT2D eigenvalue weighted by atomic mass is 16.2. The molecule has 0 radical (unpaired) electrons. The summed E-state index contributed by atoms with van der Waals surface area (Å²) in [7, 11) is 0. The molecule has 1 amide bonds. The number of carbonyl (C=O) groups excluding carboxylic acids is 1. The average Bonchev–Trinajstić information content (AvgIpc) is 2.61. The standard InChI is InChI=1S/C19H24N4O2/c1-13-15(14(2)22-19(25)21-13)9-10-18(24)23-12-6-4-8-17(23)16-7-3-5-11-20-16/h3,5,7,11,17H,4,6,8-10,12H2,1-2H3,(H,21,22,25)/t17-/m0/s1. The fourth-order valence-corrected chi connectivity index (χ4v) is 3.61. The zero-order valence-electron chi connectivity index (χ0n) is 14.8. The number of pyridine rings is 1. The molecule has 1 aliphatic rings. The molecule has 6 nitrogen and oxygen atoms in total. The van der Waals surface area contributed by atoms with Crippen molar-refractivity contribution in [2.75, 3.05) is 6.54 Å². The van der Waals surface area contributed by atoms with Crippen molar-refractivity contribution in [2.45, 2.75) is 52.0 Å². The van der Waals surface area contributed by atoms with Crippen molar-refractivity contribution >= 4 is 5.91 Å². The molecule has 1 aliphatic heterocycles. The molecule has 0 saturated carbocycles. The lowest BCUT2D eigenvalue weighted by Crippen LogP contribution is -2.39. The molecule has 0 bridgehead atoms. The Hall–Kier alpha value is -2.50. The van der Waals surface area contributed by atoms with Crippen LogP contribution in [0.15, 0.2) is 29.2 Å². The van der Waals surface area contributed by atoms with E-state index in [9.17, 15) is 9.59 Å². The summed E-state index contributed by atoms with van der Waals surface area (Å²) in [4.78, 5) is 37.3. The zero-order chi connectivity index (χ0) is 17.8. The topological polar surface area (TPSA) is 79.0 Å². The van der Waals surface area contributed by atoms with Crippen molar-refractivity contribution in [1.82, 2.24) is 19.9 Å². The molecule has 25 heavy (non-hydrogen) atoms. The summed E-state index contributed by atoms with van der Waals surface area (Å²) in [6.07, 6.45) is 5.90. The lowest BCUT2D eigenvalue weighted by atomic mass is 9.97. The van der Waals surface area contributed by atoms with E-state index in [-0.39, 0.29) is 17.6 Å². The predicted octanol–water partition coefficient (Wildman–Crippen LogP) is 2.47. The number of aromatic amines is 1. The smallest absolute Gasteiger partial charge is 0.334 e. The number of piperidine rings is 1. The van der Waals surface area contributed by atoms with Gasteiger partial charge in [0.25, 0.3) is 0 Å². The van der Waals surface area contributed by atoms with Crippen LogP contribution in [-0.2, 0) is 11.2 Å². The monoisotopic (exact) mass is 340 g/mol. The molecule has 0 aromatic carbocycles. The summed E-state index contributed by atoms with van der Waals surface area (Å²) in [5.41, 5.74) is 3.09. The number of hydrogen-bond acceptors (Lipinski definition) is 4. The molecule has 0 aliphatic carbocycles. The summed E-state index contributed by atoms with van der Waals surface area (Å²) in [5.74, 6) is 0.139. The fraction of sp³-hybridized carbons (Fsp3) is 0.474. The maximum absolute atomic E-state index is 12.9. The molecular formula is C19H24N4O2. The van der Waals surface area contributed by atoms with Crippen molar-refractivity contribution in [2.24, 2.45) is 0 Å². The molecular weight excluding hydrogens is 316 g/mol. The van der Waals surface area contributed by atoms with Gasteiger partial charge < -0.3 is 9.88 Å². The van der Waals surface area contributed by atoms with Gasteiger partial charge in [0.05, 0.1) is 11.7 Å². The van der Waals surface area contributed by atoms with Crippen LogP contribution in [-0.4, -0.2) is 32.3 Å². The number of H-pyrrole nitrogens is 1. The highest BCUT2D eigenvalue weighted by Gasteiger charge is 2.28. The van der Waals surface area contributed by atoms with Gasteiger partial charge in [-0.25, -0.2) is 4.79 Å². The Labute approximate surface area is 147 Å². The van der Waals surface area contributed by atoms with Gasteiger partial charge in [-0.1, -0.05) is 6.07 Å². The summed E-state index contributed by atoms with van der Waals surface area (Å²) in [6.45, 7) is 4.45. The highest BCUT2D eigenvalue weighted by molar-refractivity contribution is 5.77. The SMILES string of the molecule is Cc1nc(=O)[nH]c(C)c1CCC(=O)N1CCCC[C@H]1c1ccccn1. The third kappa shape index (κ3) is 3.95. The minimum Gasteiger partial charge on any atom is -0.334 e. The van der Waals surface area contributed by atoms with Crippen molar-refractivity contribution in [3.63, 3.8) is 0 Å². The van der Waals surface area contributed by atoms with Gasteiger partial charge in [-0.3, -0.25) is 9.78 Å².